The number of benzene rings is 2. The molecular formula is C24H32N2O5. The molecule has 0 saturated carbocycles. The number of esters is 1. The van der Waals surface area contributed by atoms with Gasteiger partial charge in [-0.2, -0.15) is 0 Å². The Labute approximate surface area is 183 Å². The summed E-state index contributed by atoms with van der Waals surface area (Å²) in [6, 6.07) is 9.61. The molecule has 0 spiro atoms. The predicted octanol–water partition coefficient (Wildman–Crippen LogP) is 4.37. The van der Waals surface area contributed by atoms with E-state index in [1.54, 1.807) is 35.8 Å². The average Bonchev–Trinajstić information content (AvgIpc) is 2.77. The smallest absolute Gasteiger partial charge is 0.338 e. The normalized spacial score (nSPS) is 10.5. The molecule has 31 heavy (non-hydrogen) atoms. The maximum atomic E-state index is 12.5. The minimum absolute atomic E-state index is 0.0778. The van der Waals surface area contributed by atoms with E-state index in [1.165, 1.54) is 13.2 Å². The van der Waals surface area contributed by atoms with Crippen LogP contribution in [0.15, 0.2) is 36.4 Å². The second-order valence-corrected chi connectivity index (χ2v) is 7.97. The summed E-state index contributed by atoms with van der Waals surface area (Å²) in [4.78, 5) is 36.7. The van der Waals surface area contributed by atoms with Crippen molar-refractivity contribution >= 4 is 17.8 Å². The largest absolute Gasteiger partial charge is 0.465 e. The van der Waals surface area contributed by atoms with E-state index >= 15 is 0 Å². The standard InChI is InChI=1S/C22H26N2O5.C2H6/c1-13-6-7-15(20(26)24-28)10-17(13)16-9-8-14(11-18(16)21(27)29-5)19(25)23-12-22(2,3)4;1-2/h6-11,28H,12H2,1-5H3,(H,23,25)(H,24,26);1-2H3. The highest BCUT2D eigenvalue weighted by atomic mass is 16.5. The number of amides is 2. The fourth-order valence-corrected chi connectivity index (χ4v) is 2.76. The van der Waals surface area contributed by atoms with Crippen molar-refractivity contribution in [3.8, 4) is 11.1 Å². The zero-order chi connectivity index (χ0) is 23.8. The van der Waals surface area contributed by atoms with Crippen molar-refractivity contribution in [1.29, 1.82) is 0 Å². The Hall–Kier alpha value is -3.19. The van der Waals surface area contributed by atoms with Crippen LogP contribution in [-0.4, -0.2) is 36.6 Å². The molecule has 7 heteroatoms. The van der Waals surface area contributed by atoms with Gasteiger partial charge in [0, 0.05) is 17.7 Å². The fraction of sp³-hybridized carbons (Fsp3) is 0.375. The van der Waals surface area contributed by atoms with Crippen molar-refractivity contribution < 1.29 is 24.3 Å². The molecule has 0 bridgehead atoms. The van der Waals surface area contributed by atoms with Gasteiger partial charge in [-0.15, -0.1) is 0 Å². The van der Waals surface area contributed by atoms with E-state index in [1.807, 2.05) is 41.5 Å². The van der Waals surface area contributed by atoms with Crippen LogP contribution in [-0.2, 0) is 4.74 Å². The molecule has 0 aliphatic carbocycles. The summed E-state index contributed by atoms with van der Waals surface area (Å²) in [5, 5.41) is 11.7. The molecule has 2 aromatic carbocycles. The van der Waals surface area contributed by atoms with Gasteiger partial charge in [0.15, 0.2) is 0 Å². The topological polar surface area (TPSA) is 105 Å². The third-order valence-corrected chi connectivity index (χ3v) is 4.36. The number of carbonyl (C=O) groups excluding carboxylic acids is 3. The SMILES string of the molecule is CC.COC(=O)c1cc(C(=O)NCC(C)(C)C)ccc1-c1cc(C(=O)NO)ccc1C. The Bertz CT molecular complexity index is 945. The number of carbonyl (C=O) groups is 3. The van der Waals surface area contributed by atoms with Crippen molar-refractivity contribution in [2.75, 3.05) is 13.7 Å². The molecular weight excluding hydrogens is 396 g/mol. The van der Waals surface area contributed by atoms with Crippen LogP contribution in [0.3, 0.4) is 0 Å². The van der Waals surface area contributed by atoms with Crippen LogP contribution in [0.25, 0.3) is 11.1 Å². The first kappa shape index (κ1) is 25.8. The Morgan fingerprint density at radius 3 is 2.06 bits per heavy atom. The molecule has 0 heterocycles. The zero-order valence-corrected chi connectivity index (χ0v) is 19.3. The molecule has 0 fully saturated rings. The van der Waals surface area contributed by atoms with Crippen LogP contribution in [0, 0.1) is 12.3 Å². The summed E-state index contributed by atoms with van der Waals surface area (Å²) in [5.74, 6) is -1.55. The lowest BCUT2D eigenvalue weighted by atomic mass is 9.92. The van der Waals surface area contributed by atoms with Gasteiger partial charge in [-0.25, -0.2) is 10.3 Å². The van der Waals surface area contributed by atoms with Gasteiger partial charge in [-0.3, -0.25) is 14.8 Å². The predicted molar refractivity (Wildman–Crippen MR) is 120 cm³/mol. The van der Waals surface area contributed by atoms with Crippen molar-refractivity contribution in [2.45, 2.75) is 41.5 Å². The molecule has 2 amide bonds. The van der Waals surface area contributed by atoms with E-state index in [4.69, 9.17) is 9.94 Å². The first-order valence-corrected chi connectivity index (χ1v) is 10.1. The molecule has 0 aliphatic heterocycles. The Balaban J connectivity index is 0.00000233. The van der Waals surface area contributed by atoms with Crippen LogP contribution in [0.2, 0.25) is 0 Å². The summed E-state index contributed by atoms with van der Waals surface area (Å²) in [6.07, 6.45) is 0. The van der Waals surface area contributed by atoms with Crippen molar-refractivity contribution in [3.05, 3.63) is 58.7 Å². The first-order chi connectivity index (χ1) is 14.6. The lowest BCUT2D eigenvalue weighted by molar-refractivity contribution is 0.0601. The van der Waals surface area contributed by atoms with Gasteiger partial charge < -0.3 is 10.1 Å². The van der Waals surface area contributed by atoms with Gasteiger partial charge in [0.25, 0.3) is 11.8 Å². The summed E-state index contributed by atoms with van der Waals surface area (Å²) in [5.41, 5.74) is 4.25. The molecule has 0 radical (unpaired) electrons. The summed E-state index contributed by atoms with van der Waals surface area (Å²) >= 11 is 0. The fourth-order valence-electron chi connectivity index (χ4n) is 2.76. The highest BCUT2D eigenvalue weighted by Crippen LogP contribution is 2.29. The molecule has 0 aromatic heterocycles. The molecule has 168 valence electrons. The lowest BCUT2D eigenvalue weighted by Gasteiger charge is -2.19. The van der Waals surface area contributed by atoms with Crippen LogP contribution >= 0.6 is 0 Å². The van der Waals surface area contributed by atoms with E-state index in [0.29, 0.717) is 23.2 Å². The van der Waals surface area contributed by atoms with Crippen LogP contribution in [0.1, 0.15) is 71.3 Å². The minimum atomic E-state index is -0.663. The number of hydrogen-bond acceptors (Lipinski definition) is 5. The molecule has 3 N–H and O–H groups in total. The van der Waals surface area contributed by atoms with Crippen LogP contribution in [0.4, 0.5) is 0 Å². The summed E-state index contributed by atoms with van der Waals surface area (Å²) in [7, 11) is 1.26. The number of hydrogen-bond donors (Lipinski definition) is 3. The van der Waals surface area contributed by atoms with Gasteiger partial charge in [0.05, 0.1) is 12.7 Å². The molecule has 0 atom stereocenters. The van der Waals surface area contributed by atoms with E-state index < -0.39 is 11.9 Å². The van der Waals surface area contributed by atoms with E-state index in [9.17, 15) is 14.4 Å². The van der Waals surface area contributed by atoms with Gasteiger partial charge >= 0.3 is 5.97 Å². The van der Waals surface area contributed by atoms with E-state index in [-0.39, 0.29) is 22.4 Å². The van der Waals surface area contributed by atoms with Crippen molar-refractivity contribution in [3.63, 3.8) is 0 Å². The van der Waals surface area contributed by atoms with E-state index in [2.05, 4.69) is 5.32 Å². The number of methoxy groups -OCH3 is 1. The maximum absolute atomic E-state index is 12.5. The lowest BCUT2D eigenvalue weighted by Crippen LogP contribution is -2.32. The second kappa shape index (κ2) is 11.3. The Morgan fingerprint density at radius 2 is 1.52 bits per heavy atom. The Morgan fingerprint density at radius 1 is 0.935 bits per heavy atom. The maximum Gasteiger partial charge on any atom is 0.338 e. The van der Waals surface area contributed by atoms with Gasteiger partial charge in [0.2, 0.25) is 0 Å². The monoisotopic (exact) mass is 428 g/mol. The van der Waals surface area contributed by atoms with E-state index in [0.717, 1.165) is 5.56 Å². The number of hydroxylamine groups is 1. The molecule has 0 unspecified atom stereocenters. The van der Waals surface area contributed by atoms with Gasteiger partial charge in [-0.1, -0.05) is 46.8 Å². The van der Waals surface area contributed by atoms with Crippen molar-refractivity contribution in [2.24, 2.45) is 5.41 Å². The zero-order valence-electron chi connectivity index (χ0n) is 19.3. The molecule has 7 nitrogen and oxygen atoms in total. The number of rotatable bonds is 5. The summed E-state index contributed by atoms with van der Waals surface area (Å²) in [6.45, 7) is 12.3. The van der Waals surface area contributed by atoms with Crippen LogP contribution < -0.4 is 10.8 Å². The molecule has 0 saturated heterocycles. The van der Waals surface area contributed by atoms with Crippen molar-refractivity contribution in [1.82, 2.24) is 10.8 Å². The Kier molecular flexibility index (Phi) is 9.40. The van der Waals surface area contributed by atoms with Gasteiger partial charge in [0.1, 0.15) is 0 Å². The number of ether oxygens (including phenoxy) is 1. The average molecular weight is 429 g/mol. The molecule has 2 aromatic rings. The summed E-state index contributed by atoms with van der Waals surface area (Å²) < 4.78 is 4.90. The highest BCUT2D eigenvalue weighted by molar-refractivity contribution is 6.03. The third-order valence-electron chi connectivity index (χ3n) is 4.36. The molecule has 0 aliphatic rings. The second-order valence-electron chi connectivity index (χ2n) is 7.97. The molecule has 2 rings (SSSR count). The van der Waals surface area contributed by atoms with Crippen LogP contribution in [0.5, 0.6) is 0 Å². The minimum Gasteiger partial charge on any atom is -0.465 e. The first-order valence-electron chi connectivity index (χ1n) is 10.1. The quantitative estimate of drug-likeness (QED) is 0.373. The number of aryl methyl sites for hydroxylation is 1. The third kappa shape index (κ3) is 6.93. The highest BCUT2D eigenvalue weighted by Gasteiger charge is 2.20. The number of nitrogens with one attached hydrogen (secondary N) is 2. The van der Waals surface area contributed by atoms with Gasteiger partial charge in [-0.05, 0) is 53.3 Å².